The molecule has 0 N–H and O–H groups in total. The smallest absolute Gasteiger partial charge is 0.0619 e. The van der Waals surface area contributed by atoms with E-state index >= 15 is 0 Å². The van der Waals surface area contributed by atoms with E-state index in [1.807, 2.05) is 0 Å². The van der Waals surface area contributed by atoms with Crippen LogP contribution in [0.5, 0.6) is 0 Å². The van der Waals surface area contributed by atoms with Crippen molar-refractivity contribution in [2.45, 2.75) is 0 Å². The number of thiophene rings is 1. The molecule has 0 saturated carbocycles. The summed E-state index contributed by atoms with van der Waals surface area (Å²) >= 11 is 0. The molecule has 0 amide bonds. The summed E-state index contributed by atoms with van der Waals surface area (Å²) in [5.74, 6) is 0. The van der Waals surface area contributed by atoms with Gasteiger partial charge >= 0.3 is 0 Å². The first-order chi connectivity index (χ1) is 7.43. The molecule has 1 aromatic heterocycles. The molecule has 0 fully saturated rings. The van der Waals surface area contributed by atoms with Crippen LogP contribution in [0.25, 0.3) is 15.7 Å². The second-order valence-electron chi connectivity index (χ2n) is 3.55. The van der Waals surface area contributed by atoms with Gasteiger partial charge in [0, 0.05) is 21.2 Å². The second-order valence-corrected chi connectivity index (χ2v) is 5.24. The van der Waals surface area contributed by atoms with Crippen LogP contribution in [0.4, 0.5) is 0 Å². The van der Waals surface area contributed by atoms with Gasteiger partial charge < -0.3 is 0 Å². The van der Waals surface area contributed by atoms with E-state index in [9.17, 15) is 0 Å². The van der Waals surface area contributed by atoms with Gasteiger partial charge in [-0.15, -0.1) is 0 Å². The SMILES string of the molecule is c1ccc(-[s+]2cc3ccccc3c2)cc1. The summed E-state index contributed by atoms with van der Waals surface area (Å²) < 4.78 is 0. The molecule has 15 heavy (non-hydrogen) atoms. The lowest BCUT2D eigenvalue weighted by Gasteiger charge is -1.85. The van der Waals surface area contributed by atoms with Gasteiger partial charge in [0.1, 0.15) is 0 Å². The Labute approximate surface area is 91.8 Å². The minimum absolute atomic E-state index is 0.163. The highest BCUT2D eigenvalue weighted by Crippen LogP contribution is 2.35. The van der Waals surface area contributed by atoms with Crippen molar-refractivity contribution in [3.63, 3.8) is 0 Å². The standard InChI is InChI=1S/C14H11S/c1-2-8-14(9-3-1)15-10-12-6-4-5-7-13(12)11-15/h1-11H/q+1. The molecule has 1 heteroatoms. The van der Waals surface area contributed by atoms with Gasteiger partial charge in [-0.1, -0.05) is 30.3 Å². The Morgan fingerprint density at radius 3 is 1.73 bits per heavy atom. The summed E-state index contributed by atoms with van der Waals surface area (Å²) in [7, 11) is 0.163. The Bertz CT molecular complexity index is 545. The van der Waals surface area contributed by atoms with Crippen LogP contribution in [0.2, 0.25) is 0 Å². The molecule has 0 aliphatic heterocycles. The molecule has 0 nitrogen and oxygen atoms in total. The van der Waals surface area contributed by atoms with E-state index in [2.05, 4.69) is 65.4 Å². The molecular formula is C14H11S+. The lowest BCUT2D eigenvalue weighted by molar-refractivity contribution is 1.76. The number of fused-ring (bicyclic) bond motifs is 1. The molecule has 0 bridgehead atoms. The first-order valence-electron chi connectivity index (χ1n) is 4.99. The van der Waals surface area contributed by atoms with Crippen molar-refractivity contribution in [3.05, 3.63) is 65.4 Å². The average molecular weight is 211 g/mol. The van der Waals surface area contributed by atoms with Gasteiger partial charge in [0.15, 0.2) is 15.7 Å². The van der Waals surface area contributed by atoms with E-state index in [1.165, 1.54) is 15.7 Å². The predicted octanol–water partition coefficient (Wildman–Crippen LogP) is 4.58. The molecule has 3 rings (SSSR count). The molecule has 72 valence electrons. The third-order valence-corrected chi connectivity index (χ3v) is 4.35. The quantitative estimate of drug-likeness (QED) is 0.517. The van der Waals surface area contributed by atoms with Gasteiger partial charge in [0.2, 0.25) is 0 Å². The van der Waals surface area contributed by atoms with E-state index in [1.54, 1.807) is 0 Å². The number of hydrogen-bond donors (Lipinski definition) is 0. The highest BCUT2D eigenvalue weighted by Gasteiger charge is 2.10. The van der Waals surface area contributed by atoms with E-state index in [4.69, 9.17) is 0 Å². The van der Waals surface area contributed by atoms with Crippen molar-refractivity contribution < 1.29 is 0 Å². The summed E-state index contributed by atoms with van der Waals surface area (Å²) in [6.07, 6.45) is 0. The summed E-state index contributed by atoms with van der Waals surface area (Å²) in [4.78, 5) is 1.40. The Hall–Kier alpha value is -1.60. The zero-order valence-corrected chi connectivity index (χ0v) is 9.08. The normalized spacial score (nSPS) is 10.7. The summed E-state index contributed by atoms with van der Waals surface area (Å²) in [5.41, 5.74) is 0. The van der Waals surface area contributed by atoms with Gasteiger partial charge in [0.25, 0.3) is 0 Å². The van der Waals surface area contributed by atoms with Crippen molar-refractivity contribution in [1.82, 2.24) is 0 Å². The summed E-state index contributed by atoms with van der Waals surface area (Å²) in [6, 6.07) is 19.2. The van der Waals surface area contributed by atoms with E-state index < -0.39 is 0 Å². The number of benzene rings is 2. The molecule has 0 radical (unpaired) electrons. The Morgan fingerprint density at radius 2 is 1.13 bits per heavy atom. The molecule has 1 heterocycles. The average Bonchev–Trinajstić information content (AvgIpc) is 2.74. The zero-order valence-electron chi connectivity index (χ0n) is 8.26. The molecule has 2 aromatic carbocycles. The maximum absolute atomic E-state index is 2.35. The van der Waals surface area contributed by atoms with Gasteiger partial charge in [0.05, 0.1) is 0 Å². The van der Waals surface area contributed by atoms with Crippen molar-refractivity contribution in [2.75, 3.05) is 0 Å². The molecule has 0 aliphatic rings. The second kappa shape index (κ2) is 3.52. The van der Waals surface area contributed by atoms with Crippen molar-refractivity contribution in [2.24, 2.45) is 0 Å². The molecule has 0 unspecified atom stereocenters. The monoisotopic (exact) mass is 211 g/mol. The lowest BCUT2D eigenvalue weighted by atomic mass is 10.2. The zero-order chi connectivity index (χ0) is 10.1. The van der Waals surface area contributed by atoms with E-state index in [0.717, 1.165) is 0 Å². The van der Waals surface area contributed by atoms with Crippen LogP contribution in [0.1, 0.15) is 0 Å². The van der Waals surface area contributed by atoms with Gasteiger partial charge in [-0.3, -0.25) is 0 Å². The molecule has 0 atom stereocenters. The first kappa shape index (κ1) is 8.69. The third kappa shape index (κ3) is 1.55. The molecule has 0 spiro atoms. The largest absolute Gasteiger partial charge is 0.178 e. The predicted molar refractivity (Wildman–Crippen MR) is 67.8 cm³/mol. The fourth-order valence-corrected chi connectivity index (χ4v) is 3.53. The first-order valence-corrected chi connectivity index (χ1v) is 6.34. The van der Waals surface area contributed by atoms with Gasteiger partial charge in [-0.05, 0) is 24.3 Å². The van der Waals surface area contributed by atoms with Crippen LogP contribution in [-0.4, -0.2) is 0 Å². The van der Waals surface area contributed by atoms with Crippen LogP contribution in [0, 0.1) is 0 Å². The highest BCUT2D eigenvalue weighted by molar-refractivity contribution is 7.37. The highest BCUT2D eigenvalue weighted by atomic mass is 32.2. The Balaban J connectivity index is 2.21. The minimum Gasteiger partial charge on any atom is -0.0619 e. The number of hydrogen-bond acceptors (Lipinski definition) is 0. The van der Waals surface area contributed by atoms with Crippen molar-refractivity contribution in [1.29, 1.82) is 0 Å². The third-order valence-electron chi connectivity index (χ3n) is 2.52. The number of rotatable bonds is 1. The van der Waals surface area contributed by atoms with Crippen molar-refractivity contribution >= 4 is 21.2 Å². The Morgan fingerprint density at radius 1 is 0.600 bits per heavy atom. The van der Waals surface area contributed by atoms with E-state index in [0.29, 0.717) is 0 Å². The maximum Gasteiger partial charge on any atom is 0.178 e. The summed E-state index contributed by atoms with van der Waals surface area (Å²) in [6.45, 7) is 0. The van der Waals surface area contributed by atoms with Crippen LogP contribution in [0.15, 0.2) is 65.4 Å². The maximum atomic E-state index is 2.35. The summed E-state index contributed by atoms with van der Waals surface area (Å²) in [5, 5.41) is 7.43. The van der Waals surface area contributed by atoms with E-state index in [-0.39, 0.29) is 10.5 Å². The molecule has 0 aliphatic carbocycles. The topological polar surface area (TPSA) is 0 Å². The van der Waals surface area contributed by atoms with Crippen molar-refractivity contribution in [3.8, 4) is 4.90 Å². The van der Waals surface area contributed by atoms with Crippen LogP contribution >= 0.6 is 10.5 Å². The van der Waals surface area contributed by atoms with Crippen LogP contribution < -0.4 is 0 Å². The molecule has 3 aromatic rings. The molecule has 0 saturated heterocycles. The molecular weight excluding hydrogens is 200 g/mol. The van der Waals surface area contributed by atoms with Gasteiger partial charge in [-0.25, -0.2) is 0 Å². The van der Waals surface area contributed by atoms with Gasteiger partial charge in [-0.2, -0.15) is 0 Å². The fraction of sp³-hybridized carbons (Fsp3) is 0. The lowest BCUT2D eigenvalue weighted by Crippen LogP contribution is -1.63. The van der Waals surface area contributed by atoms with Crippen LogP contribution in [0.3, 0.4) is 0 Å². The minimum atomic E-state index is 0.163. The fourth-order valence-electron chi connectivity index (χ4n) is 1.75. The van der Waals surface area contributed by atoms with Crippen LogP contribution in [-0.2, 0) is 0 Å². The Kier molecular flexibility index (Phi) is 2.04.